The third-order valence-corrected chi connectivity index (χ3v) is 5.75. The molecule has 0 fully saturated rings. The Labute approximate surface area is 138 Å². The summed E-state index contributed by atoms with van der Waals surface area (Å²) in [6, 6.07) is 5.80. The molecule has 0 saturated heterocycles. The molecule has 0 aliphatic rings. The summed E-state index contributed by atoms with van der Waals surface area (Å²) in [6.07, 6.45) is 3.07. The highest BCUT2D eigenvalue weighted by Gasteiger charge is 2.18. The lowest BCUT2D eigenvalue weighted by Crippen LogP contribution is -2.13. The van der Waals surface area contributed by atoms with E-state index in [0.29, 0.717) is 21.7 Å². The van der Waals surface area contributed by atoms with Gasteiger partial charge in [-0.1, -0.05) is 17.7 Å². The van der Waals surface area contributed by atoms with Gasteiger partial charge in [-0.3, -0.25) is 4.68 Å². The fraction of sp³-hybridized carbons (Fsp3) is 0.133. The average Bonchev–Trinajstić information content (AvgIpc) is 3.07. The summed E-state index contributed by atoms with van der Waals surface area (Å²) in [4.78, 5) is 3.39. The highest BCUT2D eigenvalue weighted by molar-refractivity contribution is 8.01. The lowest BCUT2D eigenvalue weighted by molar-refractivity contribution is 0.684. The molecule has 2 N–H and O–H groups in total. The number of nitrogens with one attached hydrogen (secondary N) is 2. The maximum atomic E-state index is 13.0. The zero-order valence-corrected chi connectivity index (χ0v) is 14.1. The molecular weight excluding hydrogens is 334 g/mol. The predicted molar refractivity (Wildman–Crippen MR) is 93.1 cm³/mol. The van der Waals surface area contributed by atoms with Crippen LogP contribution in [0.3, 0.4) is 0 Å². The Morgan fingerprint density at radius 1 is 1.52 bits per heavy atom. The second-order valence-electron chi connectivity index (χ2n) is 5.19. The van der Waals surface area contributed by atoms with Crippen molar-refractivity contribution in [2.24, 2.45) is 7.05 Å². The van der Waals surface area contributed by atoms with Crippen molar-refractivity contribution in [1.82, 2.24) is 14.8 Å². The van der Waals surface area contributed by atoms with E-state index in [9.17, 15) is 9.47 Å². The third-order valence-electron chi connectivity index (χ3n) is 3.63. The second kappa shape index (κ2) is 5.33. The van der Waals surface area contributed by atoms with Crippen molar-refractivity contribution in [3.8, 4) is 6.07 Å². The molecule has 0 aliphatic carbocycles. The SMILES string of the molecule is C=S(=O)(Nc1ccc(C)c2c(C#N)c[nH]c12)c1cnn(C)c1Cl. The Morgan fingerprint density at radius 2 is 2.26 bits per heavy atom. The Balaban J connectivity index is 2.12. The van der Waals surface area contributed by atoms with Gasteiger partial charge in [-0.25, -0.2) is 4.21 Å². The van der Waals surface area contributed by atoms with E-state index in [1.165, 1.54) is 10.9 Å². The number of H-pyrrole nitrogens is 1. The smallest absolute Gasteiger partial charge is 0.144 e. The van der Waals surface area contributed by atoms with Gasteiger partial charge in [-0.05, 0) is 24.4 Å². The first-order valence-electron chi connectivity index (χ1n) is 6.68. The minimum Gasteiger partial charge on any atom is -0.358 e. The van der Waals surface area contributed by atoms with Crippen molar-refractivity contribution in [3.63, 3.8) is 0 Å². The van der Waals surface area contributed by atoms with Gasteiger partial charge in [0, 0.05) is 18.6 Å². The quantitative estimate of drug-likeness (QED) is 0.714. The van der Waals surface area contributed by atoms with E-state index in [1.54, 1.807) is 19.3 Å². The van der Waals surface area contributed by atoms with E-state index >= 15 is 0 Å². The molecule has 2 aromatic heterocycles. The zero-order chi connectivity index (χ0) is 16.8. The summed E-state index contributed by atoms with van der Waals surface area (Å²) in [5.74, 6) is 3.77. The van der Waals surface area contributed by atoms with Gasteiger partial charge in [-0.2, -0.15) is 10.4 Å². The number of anilines is 1. The normalized spacial score (nSPS) is 13.7. The van der Waals surface area contributed by atoms with Crippen LogP contribution in [0.4, 0.5) is 5.69 Å². The first-order chi connectivity index (χ1) is 10.8. The van der Waals surface area contributed by atoms with Crippen molar-refractivity contribution in [3.05, 3.63) is 40.8 Å². The maximum Gasteiger partial charge on any atom is 0.144 e. The fourth-order valence-electron chi connectivity index (χ4n) is 2.45. The van der Waals surface area contributed by atoms with Crippen LogP contribution in [0.25, 0.3) is 10.9 Å². The van der Waals surface area contributed by atoms with Crippen molar-refractivity contribution in [2.75, 3.05) is 4.72 Å². The van der Waals surface area contributed by atoms with Gasteiger partial charge in [-0.15, -0.1) is 0 Å². The van der Waals surface area contributed by atoms with E-state index in [0.717, 1.165) is 10.9 Å². The molecule has 0 spiro atoms. The first kappa shape index (κ1) is 15.5. The molecule has 1 aromatic carbocycles. The van der Waals surface area contributed by atoms with Gasteiger partial charge in [0.05, 0.1) is 32.7 Å². The van der Waals surface area contributed by atoms with Crippen LogP contribution in [0.2, 0.25) is 5.15 Å². The Kier molecular flexibility index (Phi) is 3.59. The van der Waals surface area contributed by atoms with Crippen molar-refractivity contribution in [2.45, 2.75) is 11.8 Å². The number of rotatable bonds is 3. The van der Waals surface area contributed by atoms with E-state index in [1.807, 2.05) is 13.0 Å². The van der Waals surface area contributed by atoms with Gasteiger partial charge in [0.1, 0.15) is 16.1 Å². The van der Waals surface area contributed by atoms with Crippen LogP contribution in [0, 0.1) is 18.3 Å². The maximum absolute atomic E-state index is 13.0. The van der Waals surface area contributed by atoms with Crippen LogP contribution in [-0.2, 0) is 16.8 Å². The Morgan fingerprint density at radius 3 is 2.87 bits per heavy atom. The minimum absolute atomic E-state index is 0.269. The van der Waals surface area contributed by atoms with Gasteiger partial charge in [0.15, 0.2) is 0 Å². The molecule has 23 heavy (non-hydrogen) atoms. The van der Waals surface area contributed by atoms with Crippen LogP contribution in [0.1, 0.15) is 11.1 Å². The van der Waals surface area contributed by atoms with Crippen molar-refractivity contribution < 1.29 is 4.21 Å². The summed E-state index contributed by atoms with van der Waals surface area (Å²) in [7, 11) is -1.23. The molecule has 2 heterocycles. The van der Waals surface area contributed by atoms with Crippen LogP contribution in [0.5, 0.6) is 0 Å². The van der Waals surface area contributed by atoms with Gasteiger partial charge in [0.25, 0.3) is 0 Å². The van der Waals surface area contributed by atoms with Crippen molar-refractivity contribution >= 4 is 43.8 Å². The molecule has 3 rings (SSSR count). The number of aryl methyl sites for hydroxylation is 2. The molecule has 0 amide bonds. The molecule has 118 valence electrons. The molecule has 0 saturated carbocycles. The van der Waals surface area contributed by atoms with Crippen LogP contribution >= 0.6 is 11.6 Å². The topological polar surface area (TPSA) is 86.5 Å². The number of aromatic amines is 1. The monoisotopic (exact) mass is 347 g/mol. The second-order valence-corrected chi connectivity index (χ2v) is 7.55. The first-order valence-corrected chi connectivity index (χ1v) is 8.79. The third kappa shape index (κ3) is 2.46. The highest BCUT2D eigenvalue weighted by atomic mass is 35.5. The summed E-state index contributed by atoms with van der Waals surface area (Å²) >= 11 is 6.12. The van der Waals surface area contributed by atoms with Crippen LogP contribution in [-0.4, -0.2) is 24.8 Å². The number of aromatic nitrogens is 3. The summed E-state index contributed by atoms with van der Waals surface area (Å²) in [5, 5.41) is 14.3. The minimum atomic E-state index is -2.89. The number of nitriles is 1. The Hall–Kier alpha value is -2.43. The van der Waals surface area contributed by atoms with Crippen LogP contribution in [0.15, 0.2) is 29.4 Å². The molecule has 1 unspecified atom stereocenters. The number of halogens is 1. The molecule has 0 radical (unpaired) electrons. The van der Waals surface area contributed by atoms with E-state index in [2.05, 4.69) is 26.7 Å². The number of nitrogens with zero attached hydrogens (tertiary/aromatic N) is 3. The number of hydrogen-bond donors (Lipinski definition) is 2. The van der Waals surface area contributed by atoms with Gasteiger partial charge in [0.2, 0.25) is 0 Å². The average molecular weight is 348 g/mol. The Bertz CT molecular complexity index is 1060. The number of fused-ring (bicyclic) bond motifs is 1. The lowest BCUT2D eigenvalue weighted by Gasteiger charge is -2.13. The van der Waals surface area contributed by atoms with E-state index in [-0.39, 0.29) is 5.15 Å². The summed E-state index contributed by atoms with van der Waals surface area (Å²) in [6.45, 7) is 1.92. The highest BCUT2D eigenvalue weighted by Crippen LogP contribution is 2.31. The van der Waals surface area contributed by atoms with E-state index < -0.39 is 9.71 Å². The molecule has 8 heteroatoms. The number of hydrogen-bond acceptors (Lipinski definition) is 3. The lowest BCUT2D eigenvalue weighted by atomic mass is 10.1. The van der Waals surface area contributed by atoms with E-state index in [4.69, 9.17) is 11.6 Å². The predicted octanol–water partition coefficient (Wildman–Crippen LogP) is 2.84. The molecular formula is C15H14ClN5OS. The molecule has 1 atom stereocenters. The number of benzene rings is 1. The standard InChI is InChI=1S/C15H14ClN5OS/c1-9-4-5-11(14-13(9)10(6-17)7-18-14)20-23(3,22)12-8-19-21(2)15(12)16/h4-5,7-8,18H,3H2,1-2H3,(H,20,22). The fourth-order valence-corrected chi connectivity index (χ4v) is 4.17. The summed E-state index contributed by atoms with van der Waals surface area (Å²) < 4.78 is 17.3. The molecule has 0 bridgehead atoms. The van der Waals surface area contributed by atoms with Crippen LogP contribution < -0.4 is 4.72 Å². The molecule has 6 nitrogen and oxygen atoms in total. The summed E-state index contributed by atoms with van der Waals surface area (Å²) in [5.41, 5.74) is 2.79. The molecule has 0 aliphatic heterocycles. The van der Waals surface area contributed by atoms with Gasteiger partial charge >= 0.3 is 0 Å². The van der Waals surface area contributed by atoms with Crippen molar-refractivity contribution in [1.29, 1.82) is 5.26 Å². The molecule has 3 aromatic rings. The largest absolute Gasteiger partial charge is 0.358 e. The zero-order valence-electron chi connectivity index (χ0n) is 12.6. The van der Waals surface area contributed by atoms with Gasteiger partial charge < -0.3 is 9.71 Å².